The Balaban J connectivity index is 0.00000196. The first-order chi connectivity index (χ1) is 6.34. The molecular weight excluding hydrogens is 252 g/mol. The van der Waals surface area contributed by atoms with Crippen LogP contribution in [-0.2, 0) is 0 Å². The highest BCUT2D eigenvalue weighted by Crippen LogP contribution is 2.36. The lowest BCUT2D eigenvalue weighted by molar-refractivity contribution is 0.327. The minimum absolute atomic E-state index is 0. The summed E-state index contributed by atoms with van der Waals surface area (Å²) in [5, 5.41) is 1.13. The summed E-state index contributed by atoms with van der Waals surface area (Å²) in [4.78, 5) is 0. The van der Waals surface area contributed by atoms with Gasteiger partial charge >= 0.3 is 0 Å². The van der Waals surface area contributed by atoms with Crippen molar-refractivity contribution in [2.45, 2.75) is 26.8 Å². The quantitative estimate of drug-likeness (QED) is 0.799. The Hall–Kier alpha value is 0.0500. The maximum absolute atomic E-state index is 6.10. The van der Waals surface area contributed by atoms with Gasteiger partial charge in [-0.25, -0.2) is 0 Å². The summed E-state index contributed by atoms with van der Waals surface area (Å²) in [5.74, 6) is 0. The van der Waals surface area contributed by atoms with Gasteiger partial charge < -0.3 is 5.73 Å². The summed E-state index contributed by atoms with van der Waals surface area (Å²) in [6.07, 6.45) is 0. The number of rotatable bonds is 1. The van der Waals surface area contributed by atoms with Crippen LogP contribution in [0, 0.1) is 5.41 Å². The average molecular weight is 269 g/mol. The Morgan fingerprint density at radius 1 is 1.20 bits per heavy atom. The van der Waals surface area contributed by atoms with E-state index in [0.29, 0.717) is 10.0 Å². The second-order valence-corrected chi connectivity index (χ2v) is 5.27. The zero-order chi connectivity index (χ0) is 10.9. The van der Waals surface area contributed by atoms with Crippen LogP contribution in [0.1, 0.15) is 32.4 Å². The lowest BCUT2D eigenvalue weighted by Crippen LogP contribution is -2.26. The molecule has 0 heterocycles. The summed E-state index contributed by atoms with van der Waals surface area (Å²) in [5.41, 5.74) is 6.99. The van der Waals surface area contributed by atoms with Gasteiger partial charge in [-0.1, -0.05) is 56.1 Å². The van der Waals surface area contributed by atoms with Crippen molar-refractivity contribution in [2.75, 3.05) is 0 Å². The van der Waals surface area contributed by atoms with E-state index < -0.39 is 0 Å². The van der Waals surface area contributed by atoms with Crippen molar-refractivity contribution < 1.29 is 0 Å². The molecule has 0 bridgehead atoms. The molecule has 0 aliphatic carbocycles. The van der Waals surface area contributed by atoms with Gasteiger partial charge in [-0.2, -0.15) is 0 Å². The third kappa shape index (κ3) is 3.53. The first-order valence-electron chi connectivity index (χ1n) is 4.53. The van der Waals surface area contributed by atoms with Crippen LogP contribution >= 0.6 is 35.6 Å². The van der Waals surface area contributed by atoms with E-state index in [0.717, 1.165) is 5.56 Å². The lowest BCUT2D eigenvalue weighted by atomic mass is 9.83. The van der Waals surface area contributed by atoms with Crippen molar-refractivity contribution >= 4 is 35.6 Å². The van der Waals surface area contributed by atoms with E-state index in [1.807, 2.05) is 12.1 Å². The molecule has 0 amide bonds. The van der Waals surface area contributed by atoms with Gasteiger partial charge in [0.15, 0.2) is 0 Å². The first-order valence-corrected chi connectivity index (χ1v) is 5.29. The minimum atomic E-state index is -0.103. The molecule has 86 valence electrons. The number of hydrogen-bond acceptors (Lipinski definition) is 1. The molecule has 0 aliphatic heterocycles. The molecule has 0 saturated heterocycles. The number of hydrogen-bond donors (Lipinski definition) is 1. The molecule has 1 rings (SSSR count). The van der Waals surface area contributed by atoms with Crippen LogP contribution < -0.4 is 5.73 Å². The lowest BCUT2D eigenvalue weighted by Gasteiger charge is -2.28. The van der Waals surface area contributed by atoms with Gasteiger partial charge in [-0.3, -0.25) is 0 Å². The van der Waals surface area contributed by atoms with Gasteiger partial charge in [0, 0.05) is 6.04 Å². The van der Waals surface area contributed by atoms with Gasteiger partial charge in [-0.05, 0) is 17.0 Å². The second kappa shape index (κ2) is 5.40. The van der Waals surface area contributed by atoms with Crippen molar-refractivity contribution in [3.63, 3.8) is 0 Å². The third-order valence-corrected chi connectivity index (χ3v) is 3.08. The maximum atomic E-state index is 6.10. The first kappa shape index (κ1) is 15.0. The van der Waals surface area contributed by atoms with E-state index in [2.05, 4.69) is 20.8 Å². The van der Waals surface area contributed by atoms with E-state index in [1.54, 1.807) is 6.07 Å². The molecule has 1 atom stereocenters. The molecule has 15 heavy (non-hydrogen) atoms. The topological polar surface area (TPSA) is 26.0 Å². The van der Waals surface area contributed by atoms with Crippen molar-refractivity contribution in [1.82, 2.24) is 0 Å². The summed E-state index contributed by atoms with van der Waals surface area (Å²) >= 11 is 12.0. The zero-order valence-corrected chi connectivity index (χ0v) is 11.4. The van der Waals surface area contributed by atoms with E-state index in [1.165, 1.54) is 0 Å². The van der Waals surface area contributed by atoms with Gasteiger partial charge in [0.2, 0.25) is 0 Å². The van der Waals surface area contributed by atoms with E-state index in [9.17, 15) is 0 Å². The van der Waals surface area contributed by atoms with Gasteiger partial charge in [0.1, 0.15) is 0 Å². The van der Waals surface area contributed by atoms with E-state index in [-0.39, 0.29) is 23.9 Å². The third-order valence-electron chi connectivity index (χ3n) is 2.25. The van der Waals surface area contributed by atoms with Crippen LogP contribution in [0.5, 0.6) is 0 Å². The largest absolute Gasteiger partial charge is 0.323 e. The molecule has 1 nitrogen and oxygen atoms in total. The van der Waals surface area contributed by atoms with E-state index >= 15 is 0 Å². The van der Waals surface area contributed by atoms with Crippen LogP contribution in [0.3, 0.4) is 0 Å². The summed E-state index contributed by atoms with van der Waals surface area (Å²) in [6.45, 7) is 6.23. The highest BCUT2D eigenvalue weighted by molar-refractivity contribution is 6.42. The highest BCUT2D eigenvalue weighted by atomic mass is 35.5. The average Bonchev–Trinajstić information content (AvgIpc) is 2.07. The molecular formula is C11H16Cl3N. The molecule has 0 aromatic heterocycles. The predicted molar refractivity (Wildman–Crippen MR) is 70.1 cm³/mol. The fraction of sp³-hybridized carbons (Fsp3) is 0.455. The van der Waals surface area contributed by atoms with Gasteiger partial charge in [-0.15, -0.1) is 12.4 Å². The molecule has 0 aliphatic rings. The van der Waals surface area contributed by atoms with Crippen molar-refractivity contribution in [3.8, 4) is 0 Å². The molecule has 1 aromatic carbocycles. The van der Waals surface area contributed by atoms with Crippen LogP contribution in [0.2, 0.25) is 10.0 Å². The Bertz CT molecular complexity index is 331. The minimum Gasteiger partial charge on any atom is -0.323 e. The second-order valence-electron chi connectivity index (χ2n) is 4.49. The summed E-state index contributed by atoms with van der Waals surface area (Å²) < 4.78 is 0. The predicted octanol–water partition coefficient (Wildman–Crippen LogP) is 4.46. The molecule has 4 heteroatoms. The number of nitrogens with two attached hydrogens (primary N) is 1. The molecule has 1 aromatic rings. The van der Waals surface area contributed by atoms with Crippen LogP contribution in [-0.4, -0.2) is 0 Å². The Morgan fingerprint density at radius 3 is 2.20 bits per heavy atom. The van der Waals surface area contributed by atoms with Crippen LogP contribution in [0.15, 0.2) is 18.2 Å². The van der Waals surface area contributed by atoms with E-state index in [4.69, 9.17) is 28.9 Å². The number of halogens is 3. The maximum Gasteiger partial charge on any atom is 0.0640 e. The van der Waals surface area contributed by atoms with Gasteiger partial charge in [0.05, 0.1) is 10.0 Å². The fourth-order valence-corrected chi connectivity index (χ4v) is 1.65. The Kier molecular flexibility index (Phi) is 5.42. The Morgan fingerprint density at radius 2 is 1.73 bits per heavy atom. The number of benzene rings is 1. The highest BCUT2D eigenvalue weighted by Gasteiger charge is 2.24. The SMILES string of the molecule is CC(C)(C)[C@@H](N)c1cccc(Cl)c1Cl.Cl. The summed E-state index contributed by atoms with van der Waals surface area (Å²) in [7, 11) is 0. The van der Waals surface area contributed by atoms with Crippen LogP contribution in [0.25, 0.3) is 0 Å². The zero-order valence-electron chi connectivity index (χ0n) is 9.05. The molecule has 0 spiro atoms. The van der Waals surface area contributed by atoms with Crippen molar-refractivity contribution in [2.24, 2.45) is 11.1 Å². The standard InChI is InChI=1S/C11H15Cl2N.ClH/c1-11(2,3)10(14)7-5-4-6-8(12)9(7)13;/h4-6,10H,14H2,1-3H3;1H/t10-;/m0./s1. The smallest absolute Gasteiger partial charge is 0.0640 e. The van der Waals surface area contributed by atoms with Crippen LogP contribution in [0.4, 0.5) is 0 Å². The molecule has 2 N–H and O–H groups in total. The monoisotopic (exact) mass is 267 g/mol. The van der Waals surface area contributed by atoms with Crippen molar-refractivity contribution in [1.29, 1.82) is 0 Å². The molecule has 0 saturated carbocycles. The molecule has 0 radical (unpaired) electrons. The normalized spacial score (nSPS) is 13.2. The molecule has 0 unspecified atom stereocenters. The van der Waals surface area contributed by atoms with Crippen molar-refractivity contribution in [3.05, 3.63) is 33.8 Å². The van der Waals surface area contributed by atoms with Gasteiger partial charge in [0.25, 0.3) is 0 Å². The Labute approximate surface area is 107 Å². The fourth-order valence-electron chi connectivity index (χ4n) is 1.23. The summed E-state index contributed by atoms with van der Waals surface area (Å²) in [6, 6.07) is 5.45. The molecule has 0 fully saturated rings.